The molecule has 1 heterocycles. The summed E-state index contributed by atoms with van der Waals surface area (Å²) in [5, 5.41) is 13.2. The number of aliphatic carboxylic acids is 1. The molecule has 6 nitrogen and oxygen atoms in total. The van der Waals surface area contributed by atoms with Gasteiger partial charge in [0, 0.05) is 18.4 Å². The van der Waals surface area contributed by atoms with E-state index in [4.69, 9.17) is 5.11 Å². The molecule has 1 amide bonds. The quantitative estimate of drug-likeness (QED) is 0.612. The summed E-state index contributed by atoms with van der Waals surface area (Å²) in [7, 11) is 0. The maximum atomic E-state index is 11.9. The molecule has 0 saturated heterocycles. The van der Waals surface area contributed by atoms with Crippen LogP contribution in [0.5, 0.6) is 0 Å². The number of nitrogens with one attached hydrogen (secondary N) is 2. The minimum Gasteiger partial charge on any atom is -0.481 e. The van der Waals surface area contributed by atoms with Crippen molar-refractivity contribution in [2.45, 2.75) is 45.6 Å². The van der Waals surface area contributed by atoms with Crippen molar-refractivity contribution < 1.29 is 14.7 Å². The molecule has 0 aromatic rings. The summed E-state index contributed by atoms with van der Waals surface area (Å²) in [4.78, 5) is 22.9. The second-order valence-electron chi connectivity index (χ2n) is 4.70. The minimum atomic E-state index is -1.10. The number of carboxylic acid groups (broad SMARTS) is 1. The van der Waals surface area contributed by atoms with E-state index in [2.05, 4.69) is 17.7 Å². The Balaban J connectivity index is 2.89. The molecule has 3 N–H and O–H groups in total. The second kappa shape index (κ2) is 5.86. The Morgan fingerprint density at radius 1 is 1.61 bits per heavy atom. The van der Waals surface area contributed by atoms with Gasteiger partial charge in [0.05, 0.1) is 6.42 Å². The number of hydrogen-bond donors (Lipinski definition) is 3. The topological polar surface area (TPSA) is 81.7 Å². The molecular formula is C12H21N3O3. The van der Waals surface area contributed by atoms with Crippen molar-refractivity contribution in [3.63, 3.8) is 0 Å². The van der Waals surface area contributed by atoms with Gasteiger partial charge in [-0.1, -0.05) is 13.3 Å². The van der Waals surface area contributed by atoms with E-state index in [-0.39, 0.29) is 12.3 Å². The van der Waals surface area contributed by atoms with E-state index >= 15 is 0 Å². The number of carbonyl (C=O) groups excluding carboxylic acids is 1. The lowest BCUT2D eigenvalue weighted by molar-refractivity contribution is -0.147. The Morgan fingerprint density at radius 3 is 2.83 bits per heavy atom. The van der Waals surface area contributed by atoms with E-state index in [0.717, 1.165) is 18.5 Å². The lowest BCUT2D eigenvalue weighted by Crippen LogP contribution is -2.63. The average molecular weight is 255 g/mol. The third-order valence-electron chi connectivity index (χ3n) is 3.04. The predicted molar refractivity (Wildman–Crippen MR) is 67.3 cm³/mol. The number of carboxylic acids is 1. The van der Waals surface area contributed by atoms with Crippen molar-refractivity contribution in [2.75, 3.05) is 6.54 Å². The van der Waals surface area contributed by atoms with Gasteiger partial charge in [0.15, 0.2) is 0 Å². The zero-order valence-electron chi connectivity index (χ0n) is 11.1. The molecule has 1 aliphatic rings. The number of nitrogens with zero attached hydrogens (tertiary/aromatic N) is 1. The maximum absolute atomic E-state index is 11.9. The molecule has 0 aliphatic carbocycles. The van der Waals surface area contributed by atoms with Gasteiger partial charge in [-0.2, -0.15) is 0 Å². The third-order valence-corrected chi connectivity index (χ3v) is 3.04. The molecule has 18 heavy (non-hydrogen) atoms. The molecule has 0 aromatic carbocycles. The number of rotatable bonds is 6. The van der Waals surface area contributed by atoms with Gasteiger partial charge in [0.1, 0.15) is 5.54 Å². The summed E-state index contributed by atoms with van der Waals surface area (Å²) in [6.07, 6.45) is 3.34. The Hall–Kier alpha value is -1.56. The molecule has 1 aliphatic heterocycles. The molecule has 0 fully saturated rings. The van der Waals surface area contributed by atoms with Crippen LogP contribution in [-0.4, -0.2) is 34.1 Å². The van der Waals surface area contributed by atoms with Crippen LogP contribution in [0.2, 0.25) is 0 Å². The fourth-order valence-corrected chi connectivity index (χ4v) is 2.00. The van der Waals surface area contributed by atoms with Crippen LogP contribution in [0.1, 0.15) is 40.0 Å². The summed E-state index contributed by atoms with van der Waals surface area (Å²) in [6.45, 7) is 6.25. The van der Waals surface area contributed by atoms with E-state index in [1.54, 1.807) is 18.1 Å². The highest BCUT2D eigenvalue weighted by molar-refractivity contribution is 5.91. The van der Waals surface area contributed by atoms with Crippen LogP contribution < -0.4 is 10.7 Å². The number of hydrogen-bond acceptors (Lipinski definition) is 4. The first-order chi connectivity index (χ1) is 8.41. The normalized spacial score (nSPS) is 23.6. The number of carbonyl (C=O) groups is 2. The van der Waals surface area contributed by atoms with Crippen molar-refractivity contribution in [2.24, 2.45) is 0 Å². The first kappa shape index (κ1) is 14.5. The molecule has 1 atom stereocenters. The van der Waals surface area contributed by atoms with Crippen LogP contribution in [0, 0.1) is 0 Å². The summed E-state index contributed by atoms with van der Waals surface area (Å²) in [5.74, 6) is -1.30. The van der Waals surface area contributed by atoms with Crippen LogP contribution in [0.3, 0.4) is 0 Å². The van der Waals surface area contributed by atoms with Crippen LogP contribution in [0.4, 0.5) is 0 Å². The standard InChI is InChI=1S/C12H21N3O3/c1-4-5-6-14-15-9(2)8-13-11(18)12(15,3)7-10(16)17/h8,14H,4-7H2,1-3H3,(H,13,18)(H,16,17)/t12-/m1/s1. The van der Waals surface area contributed by atoms with Gasteiger partial charge in [-0.05, 0) is 20.3 Å². The van der Waals surface area contributed by atoms with Crippen molar-refractivity contribution in [3.8, 4) is 0 Å². The van der Waals surface area contributed by atoms with E-state index in [0.29, 0.717) is 6.54 Å². The first-order valence-electron chi connectivity index (χ1n) is 6.15. The number of allylic oxidation sites excluding steroid dienone is 1. The van der Waals surface area contributed by atoms with E-state index in [1.165, 1.54) is 0 Å². The molecule has 0 aromatic heterocycles. The van der Waals surface area contributed by atoms with Gasteiger partial charge >= 0.3 is 5.97 Å². The van der Waals surface area contributed by atoms with Gasteiger partial charge in [0.2, 0.25) is 0 Å². The van der Waals surface area contributed by atoms with Gasteiger partial charge < -0.3 is 10.4 Å². The molecule has 6 heteroatoms. The minimum absolute atomic E-state index is 0.247. The zero-order chi connectivity index (χ0) is 13.8. The number of hydrazine groups is 1. The highest BCUT2D eigenvalue weighted by Crippen LogP contribution is 2.25. The van der Waals surface area contributed by atoms with Crippen LogP contribution in [-0.2, 0) is 9.59 Å². The van der Waals surface area contributed by atoms with Crippen molar-refractivity contribution in [1.29, 1.82) is 0 Å². The Morgan fingerprint density at radius 2 is 2.28 bits per heavy atom. The average Bonchev–Trinajstić information content (AvgIpc) is 2.28. The molecule has 0 unspecified atom stereocenters. The number of amides is 1. The van der Waals surface area contributed by atoms with E-state index in [9.17, 15) is 9.59 Å². The van der Waals surface area contributed by atoms with Gasteiger partial charge in [-0.3, -0.25) is 14.6 Å². The summed E-state index contributed by atoms with van der Waals surface area (Å²) >= 11 is 0. The van der Waals surface area contributed by atoms with E-state index in [1.807, 2.05) is 6.92 Å². The predicted octanol–water partition coefficient (Wildman–Crippen LogP) is 0.818. The molecular weight excluding hydrogens is 234 g/mol. The highest BCUT2D eigenvalue weighted by atomic mass is 16.4. The monoisotopic (exact) mass is 255 g/mol. The van der Waals surface area contributed by atoms with Gasteiger partial charge in [-0.25, -0.2) is 5.43 Å². The van der Waals surface area contributed by atoms with Crippen molar-refractivity contribution >= 4 is 11.9 Å². The van der Waals surface area contributed by atoms with Crippen LogP contribution in [0.25, 0.3) is 0 Å². The summed E-state index contributed by atoms with van der Waals surface area (Å²) < 4.78 is 0. The molecule has 0 saturated carbocycles. The lowest BCUT2D eigenvalue weighted by atomic mass is 9.93. The summed E-state index contributed by atoms with van der Waals surface area (Å²) in [6, 6.07) is 0. The van der Waals surface area contributed by atoms with Crippen molar-refractivity contribution in [3.05, 3.63) is 11.9 Å². The van der Waals surface area contributed by atoms with E-state index < -0.39 is 11.5 Å². The van der Waals surface area contributed by atoms with Crippen LogP contribution in [0.15, 0.2) is 11.9 Å². The molecule has 0 radical (unpaired) electrons. The first-order valence-corrected chi connectivity index (χ1v) is 6.15. The largest absolute Gasteiger partial charge is 0.481 e. The Kier molecular flexibility index (Phi) is 4.72. The van der Waals surface area contributed by atoms with Crippen LogP contribution >= 0.6 is 0 Å². The van der Waals surface area contributed by atoms with Gasteiger partial charge in [-0.15, -0.1) is 0 Å². The maximum Gasteiger partial charge on any atom is 0.306 e. The highest BCUT2D eigenvalue weighted by Gasteiger charge is 2.44. The molecule has 1 rings (SSSR count). The smallest absolute Gasteiger partial charge is 0.306 e. The zero-order valence-corrected chi connectivity index (χ0v) is 11.1. The fraction of sp³-hybridized carbons (Fsp3) is 0.667. The fourth-order valence-electron chi connectivity index (χ4n) is 2.00. The summed E-state index contributed by atoms with van der Waals surface area (Å²) in [5.41, 5.74) is 2.84. The Labute approximate surface area is 107 Å². The third kappa shape index (κ3) is 3.01. The molecule has 102 valence electrons. The second-order valence-corrected chi connectivity index (χ2v) is 4.70. The SMILES string of the molecule is CCCCNN1C(C)=CNC(=O)[C@@]1(C)CC(=O)O. The molecule has 0 spiro atoms. The lowest BCUT2D eigenvalue weighted by Gasteiger charge is -2.43. The van der Waals surface area contributed by atoms with Crippen molar-refractivity contribution in [1.82, 2.24) is 15.8 Å². The van der Waals surface area contributed by atoms with Gasteiger partial charge in [0.25, 0.3) is 5.91 Å². The molecule has 0 bridgehead atoms. The number of unbranched alkanes of at least 4 members (excludes halogenated alkanes) is 1. The Bertz CT molecular complexity index is 368.